The Morgan fingerprint density at radius 1 is 0.870 bits per heavy atom. The Labute approximate surface area is 289 Å². The number of aryl methyl sites for hydroxylation is 1. The fraction of sp³-hybridized carbons (Fsp3) is 0.257. The summed E-state index contributed by atoms with van der Waals surface area (Å²) in [6, 6.07) is 26.6. The summed E-state index contributed by atoms with van der Waals surface area (Å²) in [5.41, 5.74) is 2.67. The van der Waals surface area contributed by atoms with Gasteiger partial charge in [-0.25, -0.2) is 8.42 Å². The number of sulfonamides is 1. The lowest BCUT2D eigenvalue weighted by atomic mass is 10.0. The quantitative estimate of drug-likeness (QED) is 0.151. The summed E-state index contributed by atoms with van der Waals surface area (Å²) in [6.45, 7) is 5.20. The summed E-state index contributed by atoms with van der Waals surface area (Å²) >= 11 is 16.0. The van der Waals surface area contributed by atoms with Gasteiger partial charge < -0.3 is 10.2 Å². The molecule has 0 fully saturated rings. The van der Waals surface area contributed by atoms with Crippen LogP contribution in [0.15, 0.2) is 106 Å². The van der Waals surface area contributed by atoms with Crippen LogP contribution in [-0.4, -0.2) is 43.8 Å². The smallest absolute Gasteiger partial charge is 0.264 e. The van der Waals surface area contributed by atoms with Crippen molar-refractivity contribution in [1.82, 2.24) is 10.2 Å². The first-order valence-corrected chi connectivity index (χ1v) is 17.8. The van der Waals surface area contributed by atoms with Crippen LogP contribution >= 0.6 is 39.1 Å². The number of halogens is 3. The van der Waals surface area contributed by atoms with Gasteiger partial charge in [0.25, 0.3) is 10.0 Å². The van der Waals surface area contributed by atoms with Gasteiger partial charge in [-0.1, -0.05) is 106 Å². The van der Waals surface area contributed by atoms with E-state index in [0.29, 0.717) is 6.42 Å². The van der Waals surface area contributed by atoms with Crippen LogP contribution in [0.1, 0.15) is 37.0 Å². The van der Waals surface area contributed by atoms with Gasteiger partial charge in [0.2, 0.25) is 11.8 Å². The van der Waals surface area contributed by atoms with Gasteiger partial charge >= 0.3 is 0 Å². The molecule has 4 aromatic carbocycles. The van der Waals surface area contributed by atoms with Gasteiger partial charge in [0.1, 0.15) is 12.6 Å². The lowest BCUT2D eigenvalue weighted by molar-refractivity contribution is -0.140. The maximum atomic E-state index is 14.5. The third kappa shape index (κ3) is 9.12. The third-order valence-corrected chi connectivity index (χ3v) is 10.7. The second kappa shape index (κ2) is 16.0. The van der Waals surface area contributed by atoms with Gasteiger partial charge in [-0.05, 0) is 73.9 Å². The van der Waals surface area contributed by atoms with Crippen molar-refractivity contribution >= 4 is 66.7 Å². The van der Waals surface area contributed by atoms with E-state index in [4.69, 9.17) is 23.2 Å². The molecule has 242 valence electrons. The zero-order valence-electron chi connectivity index (χ0n) is 25.8. The number of benzene rings is 4. The predicted molar refractivity (Wildman–Crippen MR) is 189 cm³/mol. The van der Waals surface area contributed by atoms with Crippen molar-refractivity contribution in [1.29, 1.82) is 0 Å². The lowest BCUT2D eigenvalue weighted by Gasteiger charge is -2.34. The Morgan fingerprint density at radius 2 is 1.52 bits per heavy atom. The normalized spacial score (nSPS) is 12.7. The van der Waals surface area contributed by atoms with E-state index in [-0.39, 0.29) is 45.5 Å². The maximum absolute atomic E-state index is 14.5. The van der Waals surface area contributed by atoms with Gasteiger partial charge in [0.05, 0.1) is 20.6 Å². The highest BCUT2D eigenvalue weighted by atomic mass is 79.9. The maximum Gasteiger partial charge on any atom is 0.264 e. The number of carbonyl (C=O) groups excluding carboxylic acids is 2. The number of amides is 2. The Hall–Kier alpha value is -3.37. The van der Waals surface area contributed by atoms with E-state index < -0.39 is 28.5 Å². The molecule has 46 heavy (non-hydrogen) atoms. The minimum absolute atomic E-state index is 0.00628. The number of nitrogens with zero attached hydrogens (tertiary/aromatic N) is 2. The van der Waals surface area contributed by atoms with Crippen LogP contribution in [0.25, 0.3) is 0 Å². The number of carbonyl (C=O) groups is 2. The van der Waals surface area contributed by atoms with Crippen LogP contribution in [0.3, 0.4) is 0 Å². The zero-order chi connectivity index (χ0) is 33.4. The largest absolute Gasteiger partial charge is 0.352 e. The molecule has 0 saturated carbocycles. The lowest BCUT2D eigenvalue weighted by Crippen LogP contribution is -2.54. The van der Waals surface area contributed by atoms with E-state index in [9.17, 15) is 18.0 Å². The van der Waals surface area contributed by atoms with Crippen molar-refractivity contribution in [2.24, 2.45) is 0 Å². The summed E-state index contributed by atoms with van der Waals surface area (Å²) in [5, 5.41) is 3.41. The molecule has 0 aliphatic rings. The highest BCUT2D eigenvalue weighted by molar-refractivity contribution is 9.10. The van der Waals surface area contributed by atoms with Crippen molar-refractivity contribution in [3.63, 3.8) is 0 Å². The van der Waals surface area contributed by atoms with Crippen molar-refractivity contribution < 1.29 is 18.0 Å². The summed E-state index contributed by atoms with van der Waals surface area (Å²) in [6.07, 6.45) is 0.924. The van der Waals surface area contributed by atoms with E-state index in [1.807, 2.05) is 75.4 Å². The molecule has 0 heterocycles. The molecular formula is C35H36BrCl2N3O4S. The average molecular weight is 746 g/mol. The Balaban J connectivity index is 1.82. The van der Waals surface area contributed by atoms with Crippen molar-refractivity contribution in [3.8, 4) is 0 Å². The summed E-state index contributed by atoms with van der Waals surface area (Å²) in [7, 11) is -4.26. The fourth-order valence-corrected chi connectivity index (χ4v) is 6.75. The molecule has 0 spiro atoms. The molecule has 4 aromatic rings. The number of anilines is 1. The first kappa shape index (κ1) is 35.5. The fourth-order valence-electron chi connectivity index (χ4n) is 4.79. The second-order valence-electron chi connectivity index (χ2n) is 11.1. The molecule has 2 amide bonds. The van der Waals surface area contributed by atoms with Crippen LogP contribution in [0.2, 0.25) is 10.0 Å². The van der Waals surface area contributed by atoms with E-state index >= 15 is 0 Å². The predicted octanol–water partition coefficient (Wildman–Crippen LogP) is 7.81. The molecule has 0 bridgehead atoms. The molecule has 1 N–H and O–H groups in total. The molecule has 0 aromatic heterocycles. The summed E-state index contributed by atoms with van der Waals surface area (Å²) in [5.74, 6) is -0.893. The molecule has 0 aliphatic heterocycles. The number of hydrogen-bond donors (Lipinski definition) is 1. The minimum Gasteiger partial charge on any atom is -0.352 e. The van der Waals surface area contributed by atoms with Crippen LogP contribution in [0.5, 0.6) is 0 Å². The van der Waals surface area contributed by atoms with Crippen molar-refractivity contribution in [3.05, 3.63) is 128 Å². The molecule has 0 saturated heterocycles. The molecular weight excluding hydrogens is 709 g/mol. The van der Waals surface area contributed by atoms with Gasteiger partial charge in [-0.15, -0.1) is 0 Å². The Bertz CT molecular complexity index is 1760. The zero-order valence-corrected chi connectivity index (χ0v) is 29.7. The van der Waals surface area contributed by atoms with E-state index in [1.165, 1.54) is 35.2 Å². The molecule has 7 nitrogen and oxygen atoms in total. The first-order chi connectivity index (χ1) is 21.9. The molecule has 4 rings (SSSR count). The van der Waals surface area contributed by atoms with Crippen molar-refractivity contribution in [2.75, 3.05) is 10.8 Å². The molecule has 0 radical (unpaired) electrons. The van der Waals surface area contributed by atoms with Crippen LogP contribution in [0.4, 0.5) is 5.69 Å². The Morgan fingerprint density at radius 3 is 2.13 bits per heavy atom. The average Bonchev–Trinajstić information content (AvgIpc) is 3.04. The van der Waals surface area contributed by atoms with Crippen LogP contribution in [0, 0.1) is 6.92 Å². The third-order valence-electron chi connectivity index (χ3n) is 7.62. The SMILES string of the molecule is CC[C@H](C)NC(=O)[C@@H](Cc1ccccc1)N(Cc1ccc(Br)cc1)C(=O)CN(c1ccc(Cl)c(Cl)c1)S(=O)(=O)c1ccc(C)cc1. The first-order valence-electron chi connectivity index (χ1n) is 14.8. The molecule has 11 heteroatoms. The van der Waals surface area contributed by atoms with E-state index in [1.54, 1.807) is 12.1 Å². The summed E-state index contributed by atoms with van der Waals surface area (Å²) in [4.78, 5) is 29.9. The molecule has 0 unspecified atom stereocenters. The van der Waals surface area contributed by atoms with Crippen molar-refractivity contribution in [2.45, 2.75) is 57.1 Å². The topological polar surface area (TPSA) is 86.8 Å². The molecule has 0 aliphatic carbocycles. The summed E-state index contributed by atoms with van der Waals surface area (Å²) < 4.78 is 30.2. The van der Waals surface area contributed by atoms with E-state index in [0.717, 1.165) is 25.5 Å². The van der Waals surface area contributed by atoms with Gasteiger partial charge in [0.15, 0.2) is 0 Å². The highest BCUT2D eigenvalue weighted by Crippen LogP contribution is 2.31. The number of nitrogens with one attached hydrogen (secondary N) is 1. The van der Waals surface area contributed by atoms with E-state index in [2.05, 4.69) is 21.2 Å². The number of hydrogen-bond acceptors (Lipinski definition) is 4. The van der Waals surface area contributed by atoms with Gasteiger partial charge in [0, 0.05) is 23.5 Å². The number of rotatable bonds is 13. The second-order valence-corrected chi connectivity index (χ2v) is 14.7. The standard InChI is InChI=1S/C35H36BrCl2N3O4S/c1-4-25(3)39-35(43)33(20-26-8-6-5-7-9-26)40(22-27-12-14-28(36)15-13-27)34(42)23-41(29-16-19-31(37)32(38)21-29)46(44,45)30-17-10-24(2)11-18-30/h5-19,21,25,33H,4,20,22-23H2,1-3H3,(H,39,43)/t25-,33+/m0/s1. The van der Waals surface area contributed by atoms with Crippen LogP contribution < -0.4 is 9.62 Å². The Kier molecular flexibility index (Phi) is 12.3. The minimum atomic E-state index is -4.26. The monoisotopic (exact) mass is 743 g/mol. The van der Waals surface area contributed by atoms with Gasteiger partial charge in [-0.3, -0.25) is 13.9 Å². The highest BCUT2D eigenvalue weighted by Gasteiger charge is 2.35. The van der Waals surface area contributed by atoms with Crippen LogP contribution in [-0.2, 0) is 32.6 Å². The molecule has 2 atom stereocenters. The van der Waals surface area contributed by atoms with Gasteiger partial charge in [-0.2, -0.15) is 0 Å².